The number of ether oxygens (including phenoxy) is 1. The van der Waals surface area contributed by atoms with Gasteiger partial charge >= 0.3 is 6.18 Å². The molecule has 0 aromatic heterocycles. The Labute approximate surface area is 240 Å². The molecular weight excluding hydrogens is 549 g/mol. The highest BCUT2D eigenvalue weighted by atomic mass is 32.2. The molecule has 0 aliphatic carbocycles. The predicted octanol–water partition coefficient (Wildman–Crippen LogP) is 7.15. The van der Waals surface area contributed by atoms with Gasteiger partial charge in [0.25, 0.3) is 0 Å². The average Bonchev–Trinajstić information content (AvgIpc) is 2.97. The lowest BCUT2D eigenvalue weighted by Crippen LogP contribution is -2.40. The quantitative estimate of drug-likeness (QED) is 0.156. The zero-order valence-electron chi connectivity index (χ0n) is 23.1. The van der Waals surface area contributed by atoms with Crippen LogP contribution in [-0.2, 0) is 20.9 Å². The maximum Gasteiger partial charge on any atom is 0.417 e. The summed E-state index contributed by atoms with van der Waals surface area (Å²) in [6.45, 7) is 8.87. The Balaban J connectivity index is 1.88. The van der Waals surface area contributed by atoms with Crippen molar-refractivity contribution in [2.24, 2.45) is 0 Å². The summed E-state index contributed by atoms with van der Waals surface area (Å²) in [6, 6.07) is 20.5. The first-order chi connectivity index (χ1) is 19.5. The van der Waals surface area contributed by atoms with E-state index in [0.717, 1.165) is 34.9 Å². The zero-order valence-corrected chi connectivity index (χ0v) is 23.9. The highest BCUT2D eigenvalue weighted by Crippen LogP contribution is 2.36. The van der Waals surface area contributed by atoms with Crippen LogP contribution in [0.25, 0.3) is 0 Å². The summed E-state index contributed by atoms with van der Waals surface area (Å²) < 4.78 is 76.6. The third kappa shape index (κ3) is 9.54. The number of allylic oxidation sites excluding steroid dienone is 3. The highest BCUT2D eigenvalue weighted by Gasteiger charge is 2.38. The van der Waals surface area contributed by atoms with Gasteiger partial charge in [0.05, 0.1) is 35.8 Å². The lowest BCUT2D eigenvalue weighted by Gasteiger charge is -2.30. The Morgan fingerprint density at radius 2 is 1.46 bits per heavy atom. The molecule has 0 saturated heterocycles. The molecule has 0 bridgehead atoms. The van der Waals surface area contributed by atoms with Gasteiger partial charge in [-0.3, -0.25) is 0 Å². The summed E-state index contributed by atoms with van der Waals surface area (Å²) in [5.41, 5.74) is 2.01. The molecule has 9 heteroatoms. The first kappa shape index (κ1) is 32.0. The number of hydrogen-bond acceptors (Lipinski definition) is 4. The van der Waals surface area contributed by atoms with E-state index in [0.29, 0.717) is 25.3 Å². The van der Waals surface area contributed by atoms with E-state index in [4.69, 9.17) is 4.74 Å². The molecule has 3 aromatic rings. The molecule has 5 nitrogen and oxygen atoms in total. The standard InChI is InChI=1S/C32H35F3N2O3S/c1-4-24(2)19-20-25(3)23-40-22-21-36-30(26-13-7-5-8-14-26)31(27-15-9-6-10-16-27)37-41(38,39)29-18-12-11-17-28(29)32(33,34)35/h4-20,30-31,36-37H,3,21-23H2,1-2H3/b20-19-,24-4-/t30-,31-/m1/s1. The van der Waals surface area contributed by atoms with Crippen LogP contribution in [-0.4, -0.2) is 28.2 Å². The maximum absolute atomic E-state index is 13.7. The van der Waals surface area contributed by atoms with Gasteiger partial charge in [0.15, 0.2) is 0 Å². The molecule has 0 aliphatic rings. The Hall–Kier alpha value is -3.50. The molecule has 41 heavy (non-hydrogen) atoms. The molecular formula is C32H35F3N2O3S. The monoisotopic (exact) mass is 584 g/mol. The third-order valence-electron chi connectivity index (χ3n) is 6.35. The van der Waals surface area contributed by atoms with Crippen LogP contribution in [0.5, 0.6) is 0 Å². The SMILES string of the molecule is C=C(/C=C\C(C)=C/C)COCCN[C@H](c1ccccc1)[C@H](NS(=O)(=O)c1ccccc1C(F)(F)F)c1ccccc1. The normalized spacial score (nSPS) is 14.2. The first-order valence-corrected chi connectivity index (χ1v) is 14.6. The number of sulfonamides is 1. The Morgan fingerprint density at radius 3 is 2.05 bits per heavy atom. The Bertz CT molecular complexity index is 1440. The van der Waals surface area contributed by atoms with Crippen LogP contribution in [0, 0.1) is 0 Å². The molecule has 2 atom stereocenters. The van der Waals surface area contributed by atoms with E-state index in [-0.39, 0.29) is 0 Å². The molecule has 0 unspecified atom stereocenters. The molecule has 0 amide bonds. The summed E-state index contributed by atoms with van der Waals surface area (Å²) in [4.78, 5) is -0.830. The van der Waals surface area contributed by atoms with Gasteiger partial charge in [0.1, 0.15) is 0 Å². The van der Waals surface area contributed by atoms with Gasteiger partial charge in [-0.05, 0) is 42.7 Å². The van der Waals surface area contributed by atoms with E-state index in [2.05, 4.69) is 16.6 Å². The second-order valence-corrected chi connectivity index (χ2v) is 11.1. The number of alkyl halides is 3. The molecule has 2 N–H and O–H groups in total. The van der Waals surface area contributed by atoms with Crippen LogP contribution in [0.15, 0.2) is 126 Å². The molecule has 3 rings (SSSR count). The summed E-state index contributed by atoms with van der Waals surface area (Å²) >= 11 is 0. The second-order valence-electron chi connectivity index (χ2n) is 9.42. The minimum atomic E-state index is -4.84. The van der Waals surface area contributed by atoms with Crippen molar-refractivity contribution >= 4 is 10.0 Å². The number of rotatable bonds is 14. The molecule has 0 fully saturated rings. The molecule has 0 saturated carbocycles. The van der Waals surface area contributed by atoms with Crippen LogP contribution >= 0.6 is 0 Å². The highest BCUT2D eigenvalue weighted by molar-refractivity contribution is 7.89. The van der Waals surface area contributed by atoms with E-state index in [1.54, 1.807) is 30.3 Å². The second kappa shape index (κ2) is 14.9. The molecule has 3 aromatic carbocycles. The number of nitrogens with one attached hydrogen (secondary N) is 2. The third-order valence-corrected chi connectivity index (χ3v) is 7.85. The van der Waals surface area contributed by atoms with Crippen molar-refractivity contribution in [3.8, 4) is 0 Å². The molecule has 0 spiro atoms. The predicted molar refractivity (Wildman–Crippen MR) is 157 cm³/mol. The smallest absolute Gasteiger partial charge is 0.375 e. The van der Waals surface area contributed by atoms with Gasteiger partial charge in [0.2, 0.25) is 10.0 Å². The zero-order chi connectivity index (χ0) is 29.9. The molecule has 0 heterocycles. The van der Waals surface area contributed by atoms with Gasteiger partial charge in [-0.2, -0.15) is 13.2 Å². The van der Waals surface area contributed by atoms with Crippen LogP contribution < -0.4 is 10.0 Å². The summed E-state index contributed by atoms with van der Waals surface area (Å²) in [6.07, 6.45) is 0.974. The van der Waals surface area contributed by atoms with Crippen molar-refractivity contribution in [3.63, 3.8) is 0 Å². The van der Waals surface area contributed by atoms with Crippen LogP contribution in [0.3, 0.4) is 0 Å². The Morgan fingerprint density at radius 1 is 0.902 bits per heavy atom. The number of benzene rings is 3. The van der Waals surface area contributed by atoms with Crippen molar-refractivity contribution in [3.05, 3.63) is 138 Å². The average molecular weight is 585 g/mol. The fourth-order valence-electron chi connectivity index (χ4n) is 4.13. The molecule has 218 valence electrons. The van der Waals surface area contributed by atoms with Gasteiger partial charge < -0.3 is 10.1 Å². The van der Waals surface area contributed by atoms with E-state index < -0.39 is 38.7 Å². The van der Waals surface area contributed by atoms with Crippen molar-refractivity contribution < 1.29 is 26.3 Å². The summed E-state index contributed by atoms with van der Waals surface area (Å²) in [7, 11) is -4.60. The minimum absolute atomic E-state index is 0.296. The van der Waals surface area contributed by atoms with Crippen molar-refractivity contribution in [1.29, 1.82) is 0 Å². The fraction of sp³-hybridized carbons (Fsp3) is 0.250. The maximum atomic E-state index is 13.7. The van der Waals surface area contributed by atoms with Gasteiger partial charge in [-0.25, -0.2) is 13.1 Å². The number of halogens is 3. The van der Waals surface area contributed by atoms with E-state index in [1.807, 2.05) is 62.4 Å². The lowest BCUT2D eigenvalue weighted by molar-refractivity contribution is -0.139. The van der Waals surface area contributed by atoms with E-state index >= 15 is 0 Å². The van der Waals surface area contributed by atoms with Gasteiger partial charge in [-0.1, -0.05) is 103 Å². The van der Waals surface area contributed by atoms with Crippen LogP contribution in [0.1, 0.15) is 42.6 Å². The van der Waals surface area contributed by atoms with Crippen molar-refractivity contribution in [2.45, 2.75) is 37.0 Å². The van der Waals surface area contributed by atoms with Crippen LogP contribution in [0.4, 0.5) is 13.2 Å². The fourth-order valence-corrected chi connectivity index (χ4v) is 5.59. The number of hydrogen-bond donors (Lipinski definition) is 2. The largest absolute Gasteiger partial charge is 0.417 e. The van der Waals surface area contributed by atoms with Crippen molar-refractivity contribution in [2.75, 3.05) is 19.8 Å². The summed E-state index contributed by atoms with van der Waals surface area (Å²) in [5.74, 6) is 0. The van der Waals surface area contributed by atoms with Crippen LogP contribution in [0.2, 0.25) is 0 Å². The van der Waals surface area contributed by atoms with Gasteiger partial charge in [0, 0.05) is 6.54 Å². The van der Waals surface area contributed by atoms with E-state index in [1.165, 1.54) is 6.07 Å². The first-order valence-electron chi connectivity index (χ1n) is 13.1. The molecule has 0 aliphatic heterocycles. The molecule has 0 radical (unpaired) electrons. The Kier molecular flexibility index (Phi) is 11.7. The lowest BCUT2D eigenvalue weighted by atomic mass is 9.94. The topological polar surface area (TPSA) is 67.4 Å². The van der Waals surface area contributed by atoms with Gasteiger partial charge in [-0.15, -0.1) is 0 Å². The minimum Gasteiger partial charge on any atom is -0.375 e. The summed E-state index contributed by atoms with van der Waals surface area (Å²) in [5, 5.41) is 3.36. The van der Waals surface area contributed by atoms with E-state index in [9.17, 15) is 21.6 Å². The van der Waals surface area contributed by atoms with Crippen molar-refractivity contribution in [1.82, 2.24) is 10.0 Å².